The van der Waals surface area contributed by atoms with Gasteiger partial charge in [0.15, 0.2) is 0 Å². The molecule has 0 saturated carbocycles. The number of nitrogens with one attached hydrogen (secondary N) is 2. The lowest BCUT2D eigenvalue weighted by molar-refractivity contribution is -0.129. The average Bonchev–Trinajstić information content (AvgIpc) is 3.00. The van der Waals surface area contributed by atoms with Gasteiger partial charge in [0, 0.05) is 45.0 Å². The summed E-state index contributed by atoms with van der Waals surface area (Å²) in [6.45, 7) is 8.10. The number of benzene rings is 3. The van der Waals surface area contributed by atoms with E-state index in [0.29, 0.717) is 37.0 Å². The Morgan fingerprint density at radius 1 is 0.857 bits per heavy atom. The molecule has 0 radical (unpaired) electrons. The maximum Gasteiger partial charge on any atom is 0.249 e. The number of halogens is 1. The molecule has 1 aliphatic heterocycles. The van der Waals surface area contributed by atoms with Crippen LogP contribution in [0.15, 0.2) is 78.9 Å². The Kier molecular flexibility index (Phi) is 12.3. The first kappa shape index (κ1) is 31.1. The smallest absolute Gasteiger partial charge is 0.249 e. The molecule has 10 heteroatoms. The minimum Gasteiger partial charge on any atom is -0.457 e. The lowest BCUT2D eigenvalue weighted by atomic mass is 10.2. The second-order valence-corrected chi connectivity index (χ2v) is 10.0. The van der Waals surface area contributed by atoms with Crippen molar-refractivity contribution in [3.05, 3.63) is 90.2 Å². The van der Waals surface area contributed by atoms with Gasteiger partial charge in [0.1, 0.15) is 23.4 Å². The van der Waals surface area contributed by atoms with Crippen molar-refractivity contribution in [2.45, 2.75) is 19.6 Å². The van der Waals surface area contributed by atoms with Crippen molar-refractivity contribution in [1.29, 1.82) is 0 Å². The Bertz CT molecular complexity index is 1240. The molecule has 1 aliphatic rings. The summed E-state index contributed by atoms with van der Waals surface area (Å²) < 4.78 is 30.1. The summed E-state index contributed by atoms with van der Waals surface area (Å²) in [6, 6.07) is 21.3. The molecule has 2 N–H and O–H groups in total. The van der Waals surface area contributed by atoms with Crippen LogP contribution in [0.3, 0.4) is 0 Å². The van der Waals surface area contributed by atoms with Crippen LogP contribution in [0.5, 0.6) is 11.5 Å². The van der Waals surface area contributed by atoms with E-state index in [0.717, 1.165) is 38.3 Å². The molecule has 1 heterocycles. The van der Waals surface area contributed by atoms with Crippen LogP contribution >= 0.6 is 0 Å². The predicted octanol–water partition coefficient (Wildman–Crippen LogP) is 3.91. The minimum atomic E-state index is -0.885. The Labute approximate surface area is 246 Å². The molecule has 9 nitrogen and oxygen atoms in total. The van der Waals surface area contributed by atoms with Gasteiger partial charge < -0.3 is 24.8 Å². The second kappa shape index (κ2) is 16.6. The number of amides is 2. The van der Waals surface area contributed by atoms with Gasteiger partial charge in [-0.05, 0) is 61.0 Å². The van der Waals surface area contributed by atoms with Crippen LogP contribution in [-0.4, -0.2) is 86.7 Å². The van der Waals surface area contributed by atoms with E-state index in [2.05, 4.69) is 20.4 Å². The highest BCUT2D eigenvalue weighted by Gasteiger charge is 2.24. The minimum absolute atomic E-state index is 0.0173. The quantitative estimate of drug-likeness (QED) is 0.264. The van der Waals surface area contributed by atoms with Gasteiger partial charge in [-0.25, -0.2) is 4.39 Å². The summed E-state index contributed by atoms with van der Waals surface area (Å²) in [5.74, 6) is 0.0754. The number of carbonyl (C=O) groups is 2. The Balaban J connectivity index is 1.30. The third-order valence-electron chi connectivity index (χ3n) is 6.81. The van der Waals surface area contributed by atoms with Gasteiger partial charge in [-0.2, -0.15) is 0 Å². The summed E-state index contributed by atoms with van der Waals surface area (Å²) in [4.78, 5) is 30.7. The van der Waals surface area contributed by atoms with Gasteiger partial charge in [0.25, 0.3) is 0 Å². The number of hydrogen-bond acceptors (Lipinski definition) is 7. The van der Waals surface area contributed by atoms with Gasteiger partial charge >= 0.3 is 0 Å². The van der Waals surface area contributed by atoms with Crippen molar-refractivity contribution >= 4 is 17.5 Å². The molecule has 224 valence electrons. The number of rotatable bonds is 15. The Morgan fingerprint density at radius 2 is 1.50 bits per heavy atom. The van der Waals surface area contributed by atoms with Crippen LogP contribution in [0.1, 0.15) is 12.5 Å². The van der Waals surface area contributed by atoms with Crippen LogP contribution in [0.25, 0.3) is 0 Å². The topological polar surface area (TPSA) is 92.4 Å². The molecule has 42 heavy (non-hydrogen) atoms. The molecular formula is C32H39FN4O5. The van der Waals surface area contributed by atoms with Gasteiger partial charge in [0.2, 0.25) is 11.8 Å². The van der Waals surface area contributed by atoms with E-state index in [1.165, 1.54) is 24.3 Å². The molecule has 3 aromatic carbocycles. The molecule has 0 spiro atoms. The zero-order chi connectivity index (χ0) is 29.6. The van der Waals surface area contributed by atoms with Crippen LogP contribution < -0.4 is 15.4 Å². The van der Waals surface area contributed by atoms with Gasteiger partial charge in [-0.15, -0.1) is 0 Å². The van der Waals surface area contributed by atoms with E-state index >= 15 is 0 Å². The summed E-state index contributed by atoms with van der Waals surface area (Å²) in [5, 5.41) is 5.72. The molecule has 1 saturated heterocycles. The highest BCUT2D eigenvalue weighted by molar-refractivity contribution is 5.97. The lowest BCUT2D eigenvalue weighted by Gasteiger charge is -2.34. The number of piperazine rings is 1. The van der Waals surface area contributed by atoms with Crippen LogP contribution in [0, 0.1) is 5.82 Å². The third kappa shape index (κ3) is 10.5. The Hall–Kier alpha value is -3.83. The van der Waals surface area contributed by atoms with Crippen molar-refractivity contribution in [3.63, 3.8) is 0 Å². The van der Waals surface area contributed by atoms with Gasteiger partial charge in [-0.3, -0.25) is 19.4 Å². The fraction of sp³-hybridized carbons (Fsp3) is 0.375. The predicted molar refractivity (Wildman–Crippen MR) is 159 cm³/mol. The lowest BCUT2D eigenvalue weighted by Crippen LogP contribution is -2.53. The molecule has 0 bridgehead atoms. The summed E-state index contributed by atoms with van der Waals surface area (Å²) in [6.07, 6.45) is 0. The maximum atomic E-state index is 13.3. The Morgan fingerprint density at radius 3 is 2.17 bits per heavy atom. The first-order chi connectivity index (χ1) is 20.5. The third-order valence-corrected chi connectivity index (χ3v) is 6.81. The van der Waals surface area contributed by atoms with Gasteiger partial charge in [0.05, 0.1) is 26.4 Å². The van der Waals surface area contributed by atoms with Gasteiger partial charge in [-0.1, -0.05) is 30.3 Å². The van der Waals surface area contributed by atoms with Crippen LogP contribution in [0.2, 0.25) is 0 Å². The molecule has 1 atom stereocenters. The largest absolute Gasteiger partial charge is 0.457 e. The van der Waals surface area contributed by atoms with E-state index in [9.17, 15) is 14.0 Å². The standard InChI is InChI=1S/C32H39FN4O5/c1-2-40-21-20-36-16-18-37(19-17-36)22-31(38)35-30(24-41-23-25-6-4-3-5-7-25)32(39)34-27-10-14-29(15-11-27)42-28-12-8-26(33)9-13-28/h3-15,30H,2,16-24H2,1H3,(H,34,39)(H,35,38)/t30-/m0/s1. The van der Waals surface area contributed by atoms with E-state index < -0.39 is 6.04 Å². The van der Waals surface area contributed by atoms with E-state index in [1.54, 1.807) is 24.3 Å². The van der Waals surface area contributed by atoms with Crippen LogP contribution in [-0.2, 0) is 25.7 Å². The highest BCUT2D eigenvalue weighted by atomic mass is 19.1. The fourth-order valence-corrected chi connectivity index (χ4v) is 4.48. The van der Waals surface area contributed by atoms with Crippen LogP contribution in [0.4, 0.5) is 10.1 Å². The van der Waals surface area contributed by atoms with E-state index in [-0.39, 0.29) is 30.8 Å². The molecule has 1 fully saturated rings. The summed E-state index contributed by atoms with van der Waals surface area (Å²) in [7, 11) is 0. The molecule has 0 unspecified atom stereocenters. The van der Waals surface area contributed by atoms with Crippen molar-refractivity contribution in [3.8, 4) is 11.5 Å². The monoisotopic (exact) mass is 578 g/mol. The zero-order valence-corrected chi connectivity index (χ0v) is 24.0. The van der Waals surface area contributed by atoms with Crippen molar-refractivity contribution in [1.82, 2.24) is 15.1 Å². The second-order valence-electron chi connectivity index (χ2n) is 10.0. The molecule has 4 rings (SSSR count). The number of ether oxygens (including phenoxy) is 3. The number of nitrogens with zero attached hydrogens (tertiary/aromatic N) is 2. The van der Waals surface area contributed by atoms with Crippen molar-refractivity contribution < 1.29 is 28.2 Å². The zero-order valence-electron chi connectivity index (χ0n) is 24.0. The first-order valence-electron chi connectivity index (χ1n) is 14.3. The first-order valence-corrected chi connectivity index (χ1v) is 14.3. The number of carbonyl (C=O) groups excluding carboxylic acids is 2. The summed E-state index contributed by atoms with van der Waals surface area (Å²) >= 11 is 0. The molecule has 0 aromatic heterocycles. The average molecular weight is 579 g/mol. The van der Waals surface area contributed by atoms with Crippen molar-refractivity contribution in [2.75, 3.05) is 64.4 Å². The SMILES string of the molecule is CCOCCN1CCN(CC(=O)N[C@@H](COCc2ccccc2)C(=O)Nc2ccc(Oc3ccc(F)cc3)cc2)CC1. The maximum absolute atomic E-state index is 13.3. The molecule has 3 aromatic rings. The number of anilines is 1. The van der Waals surface area contributed by atoms with Crippen molar-refractivity contribution in [2.24, 2.45) is 0 Å². The molecular weight excluding hydrogens is 539 g/mol. The highest BCUT2D eigenvalue weighted by Crippen LogP contribution is 2.23. The molecule has 0 aliphatic carbocycles. The van der Waals surface area contributed by atoms with E-state index in [1.807, 2.05) is 37.3 Å². The summed E-state index contributed by atoms with van der Waals surface area (Å²) in [5.41, 5.74) is 1.51. The number of hydrogen-bond donors (Lipinski definition) is 2. The fourth-order valence-electron chi connectivity index (χ4n) is 4.48. The molecule has 2 amide bonds. The normalized spacial score (nSPS) is 14.7. The van der Waals surface area contributed by atoms with E-state index in [4.69, 9.17) is 14.2 Å².